The van der Waals surface area contributed by atoms with Crippen molar-refractivity contribution in [3.8, 4) is 0 Å². The van der Waals surface area contributed by atoms with Crippen LogP contribution in [-0.4, -0.2) is 92.5 Å². The third-order valence-corrected chi connectivity index (χ3v) is 2.77. The van der Waals surface area contributed by atoms with Crippen molar-refractivity contribution < 1.29 is 42.7 Å². The van der Waals surface area contributed by atoms with Gasteiger partial charge < -0.3 is 25.5 Å². The zero-order valence-electron chi connectivity index (χ0n) is 7.78. The van der Waals surface area contributed by atoms with E-state index in [1.54, 1.807) is 0 Å². The van der Waals surface area contributed by atoms with E-state index in [0.29, 0.717) is 0 Å². The molecule has 1 aliphatic carbocycles. The quantitative estimate of drug-likeness (QED) is 0.215. The van der Waals surface area contributed by atoms with Crippen molar-refractivity contribution in [1.29, 1.82) is 0 Å². The van der Waals surface area contributed by atoms with Crippen LogP contribution >= 0.6 is 0 Å². The number of hydrogen-bond acceptors (Lipinski definition) is 8. The van der Waals surface area contributed by atoms with Gasteiger partial charge in [-0.15, -0.1) is 0 Å². The summed E-state index contributed by atoms with van der Waals surface area (Å²) >= 11 is 0. The number of aliphatic hydroxyl groups excluding tert-OH is 5. The van der Waals surface area contributed by atoms with Crippen LogP contribution in [0.25, 0.3) is 0 Å². The van der Waals surface area contributed by atoms with Gasteiger partial charge in [0.15, 0.2) is 17.4 Å². The van der Waals surface area contributed by atoms with Gasteiger partial charge in [0.1, 0.15) is 36.6 Å². The fraction of sp³-hybridized carbons (Fsp3) is 1.00. The van der Waals surface area contributed by atoms with E-state index in [2.05, 4.69) is 4.18 Å². The standard InChI is InChI=1S/C6H12O9S.Al.3H/c7-1-2(8)4(10)6(5(11)3(1)9)15-16(12,13)14;;;;/h1-11H,(H,12,13,14);;;;/t1?,2-,3+,4-,5-,6?;;;;/m0..../s1. The molecular weight excluding hydrogens is 275 g/mol. The summed E-state index contributed by atoms with van der Waals surface area (Å²) in [5.41, 5.74) is 0. The highest BCUT2D eigenvalue weighted by Gasteiger charge is 2.50. The first-order chi connectivity index (χ1) is 7.15. The SMILES string of the molecule is O=S(=O)(O)OC1[C@@H](O)[C@H](O)C(O)[C@H](O)[C@@H]1O.[AlH3]. The molecule has 1 rings (SSSR count). The lowest BCUT2D eigenvalue weighted by Crippen LogP contribution is -2.64. The molecule has 17 heavy (non-hydrogen) atoms. The maximum absolute atomic E-state index is 10.4. The summed E-state index contributed by atoms with van der Waals surface area (Å²) in [5.74, 6) is 0. The van der Waals surface area contributed by atoms with E-state index in [0.717, 1.165) is 0 Å². The minimum absolute atomic E-state index is 0. The molecule has 1 aliphatic rings. The van der Waals surface area contributed by atoms with Gasteiger partial charge in [0.05, 0.1) is 0 Å². The smallest absolute Gasteiger partial charge is 0.387 e. The van der Waals surface area contributed by atoms with Crippen molar-refractivity contribution in [3.63, 3.8) is 0 Å². The van der Waals surface area contributed by atoms with E-state index in [4.69, 9.17) is 9.66 Å². The molecular formula is C6H15AlO9S. The average molecular weight is 290 g/mol. The first kappa shape index (κ1) is 17.2. The molecule has 11 heteroatoms. The predicted octanol–water partition coefficient (Wildman–Crippen LogP) is -5.19. The predicted molar refractivity (Wildman–Crippen MR) is 56.4 cm³/mol. The second-order valence-corrected chi connectivity index (χ2v) is 4.49. The van der Waals surface area contributed by atoms with Crippen LogP contribution in [0.4, 0.5) is 0 Å². The van der Waals surface area contributed by atoms with E-state index in [-0.39, 0.29) is 17.4 Å². The Morgan fingerprint density at radius 1 is 0.765 bits per heavy atom. The lowest BCUT2D eigenvalue weighted by Gasteiger charge is -2.40. The van der Waals surface area contributed by atoms with Crippen molar-refractivity contribution in [2.24, 2.45) is 0 Å². The Morgan fingerprint density at radius 2 is 1.06 bits per heavy atom. The zero-order valence-corrected chi connectivity index (χ0v) is 8.60. The van der Waals surface area contributed by atoms with E-state index in [9.17, 15) is 28.8 Å². The van der Waals surface area contributed by atoms with E-state index < -0.39 is 47.0 Å². The molecule has 9 nitrogen and oxygen atoms in total. The molecule has 6 N–H and O–H groups in total. The lowest BCUT2D eigenvalue weighted by molar-refractivity contribution is -0.217. The van der Waals surface area contributed by atoms with Gasteiger partial charge in [-0.1, -0.05) is 0 Å². The van der Waals surface area contributed by atoms with Gasteiger partial charge >= 0.3 is 10.4 Å². The lowest BCUT2D eigenvalue weighted by atomic mass is 9.85. The fourth-order valence-corrected chi connectivity index (χ4v) is 1.96. The highest BCUT2D eigenvalue weighted by Crippen LogP contribution is 2.24. The summed E-state index contributed by atoms with van der Waals surface area (Å²) in [6.07, 6.45) is -11.6. The summed E-state index contributed by atoms with van der Waals surface area (Å²) in [6.45, 7) is 0. The molecule has 0 saturated heterocycles. The molecule has 2 unspecified atom stereocenters. The van der Waals surface area contributed by atoms with Gasteiger partial charge in [-0.2, -0.15) is 8.42 Å². The minimum Gasteiger partial charge on any atom is -0.387 e. The number of hydrogen-bond donors (Lipinski definition) is 6. The third kappa shape index (κ3) is 3.83. The average Bonchev–Trinajstić information content (AvgIpc) is 2.17. The van der Waals surface area contributed by atoms with Crippen LogP contribution in [0.15, 0.2) is 0 Å². The molecule has 0 heterocycles. The highest BCUT2D eigenvalue weighted by atomic mass is 32.3. The summed E-state index contributed by atoms with van der Waals surface area (Å²) in [4.78, 5) is 0. The Balaban J connectivity index is 0.00000256. The number of rotatable bonds is 2. The van der Waals surface area contributed by atoms with Gasteiger partial charge in [-0.25, -0.2) is 4.18 Å². The Labute approximate surface area is 107 Å². The molecule has 0 aromatic rings. The molecule has 0 aliphatic heterocycles. The topological polar surface area (TPSA) is 165 Å². The van der Waals surface area contributed by atoms with Gasteiger partial charge in [0, 0.05) is 0 Å². The molecule has 0 aromatic heterocycles. The first-order valence-corrected chi connectivity index (χ1v) is 5.57. The fourth-order valence-electron chi connectivity index (χ4n) is 1.45. The summed E-state index contributed by atoms with van der Waals surface area (Å²) in [5, 5.41) is 46.0. The second kappa shape index (κ2) is 5.90. The first-order valence-electron chi connectivity index (χ1n) is 4.21. The third-order valence-electron chi connectivity index (χ3n) is 2.31. The van der Waals surface area contributed by atoms with Crippen molar-refractivity contribution in [1.82, 2.24) is 0 Å². The Morgan fingerprint density at radius 3 is 1.35 bits per heavy atom. The largest absolute Gasteiger partial charge is 0.397 e. The van der Waals surface area contributed by atoms with Gasteiger partial charge in [-0.3, -0.25) is 4.55 Å². The van der Waals surface area contributed by atoms with Crippen molar-refractivity contribution in [2.75, 3.05) is 0 Å². The number of aliphatic hydroxyl groups is 5. The minimum atomic E-state index is -4.98. The normalized spacial score (nSPS) is 42.9. The van der Waals surface area contributed by atoms with Crippen LogP contribution in [0.1, 0.15) is 0 Å². The van der Waals surface area contributed by atoms with Crippen LogP contribution in [-0.2, 0) is 14.6 Å². The van der Waals surface area contributed by atoms with Crippen molar-refractivity contribution in [3.05, 3.63) is 0 Å². The molecule has 0 bridgehead atoms. The zero-order chi connectivity index (χ0) is 12.7. The maximum Gasteiger partial charge on any atom is 0.397 e. The van der Waals surface area contributed by atoms with Crippen LogP contribution < -0.4 is 0 Å². The molecule has 6 atom stereocenters. The molecule has 0 amide bonds. The van der Waals surface area contributed by atoms with Crippen molar-refractivity contribution >= 4 is 27.8 Å². The molecule has 0 radical (unpaired) electrons. The molecule has 1 fully saturated rings. The molecule has 0 aromatic carbocycles. The van der Waals surface area contributed by atoms with Crippen LogP contribution in [0.5, 0.6) is 0 Å². The second-order valence-electron chi connectivity index (χ2n) is 3.44. The summed E-state index contributed by atoms with van der Waals surface area (Å²) < 4.78 is 33.0. The summed E-state index contributed by atoms with van der Waals surface area (Å²) in [6, 6.07) is 0. The highest BCUT2D eigenvalue weighted by molar-refractivity contribution is 7.80. The van der Waals surface area contributed by atoms with Crippen LogP contribution in [0, 0.1) is 0 Å². The monoisotopic (exact) mass is 290 g/mol. The Kier molecular flexibility index (Phi) is 5.97. The van der Waals surface area contributed by atoms with E-state index >= 15 is 0 Å². The van der Waals surface area contributed by atoms with Gasteiger partial charge in [0.25, 0.3) is 0 Å². The van der Waals surface area contributed by atoms with Crippen molar-refractivity contribution in [2.45, 2.75) is 36.6 Å². The maximum atomic E-state index is 10.4. The van der Waals surface area contributed by atoms with Crippen LogP contribution in [0.2, 0.25) is 0 Å². The molecule has 0 spiro atoms. The van der Waals surface area contributed by atoms with Gasteiger partial charge in [-0.05, 0) is 0 Å². The molecule has 102 valence electrons. The Bertz CT molecular complexity index is 329. The Hall–Kier alpha value is 0.202. The van der Waals surface area contributed by atoms with Crippen LogP contribution in [0.3, 0.4) is 0 Å². The van der Waals surface area contributed by atoms with Gasteiger partial charge in [0.2, 0.25) is 0 Å². The van der Waals surface area contributed by atoms with E-state index in [1.165, 1.54) is 0 Å². The van der Waals surface area contributed by atoms with E-state index in [1.807, 2.05) is 0 Å². The summed E-state index contributed by atoms with van der Waals surface area (Å²) in [7, 11) is -4.98. The molecule has 1 saturated carbocycles.